The highest BCUT2D eigenvalue weighted by Crippen LogP contribution is 2.43. The number of nitrogens with zero attached hydrogens (tertiary/aromatic N) is 5. The fraction of sp³-hybridized carbons (Fsp3) is 0.562. The summed E-state index contributed by atoms with van der Waals surface area (Å²) in [6.07, 6.45) is 7.92. The maximum absolute atomic E-state index is 5.00. The van der Waals surface area contributed by atoms with E-state index in [1.165, 1.54) is 47.9 Å². The normalized spacial score (nSPS) is 21.9. The molecule has 4 heterocycles. The molecule has 2 aliphatic rings. The highest BCUT2D eigenvalue weighted by atomic mass is 32.1. The zero-order valence-electron chi connectivity index (χ0n) is 12.7. The van der Waals surface area contributed by atoms with Crippen molar-refractivity contribution in [2.45, 2.75) is 44.9 Å². The first-order valence-electron chi connectivity index (χ1n) is 8.23. The molecule has 22 heavy (non-hydrogen) atoms. The van der Waals surface area contributed by atoms with Gasteiger partial charge in [-0.05, 0) is 43.6 Å². The van der Waals surface area contributed by atoms with Crippen LogP contribution in [0, 0.1) is 0 Å². The van der Waals surface area contributed by atoms with Crippen LogP contribution in [-0.2, 0) is 6.42 Å². The third kappa shape index (κ3) is 1.67. The van der Waals surface area contributed by atoms with Crippen LogP contribution in [-0.4, -0.2) is 32.7 Å². The summed E-state index contributed by atoms with van der Waals surface area (Å²) in [7, 11) is 0. The molecule has 0 aromatic carbocycles. The van der Waals surface area contributed by atoms with Crippen LogP contribution < -0.4 is 4.90 Å². The van der Waals surface area contributed by atoms with Crippen molar-refractivity contribution >= 4 is 33.1 Å². The van der Waals surface area contributed by atoms with Crippen LogP contribution in [0.1, 0.15) is 49.0 Å². The van der Waals surface area contributed by atoms with Gasteiger partial charge in [-0.25, -0.2) is 9.97 Å². The third-order valence-corrected chi connectivity index (χ3v) is 6.25. The first kappa shape index (κ1) is 12.8. The van der Waals surface area contributed by atoms with E-state index in [0.717, 1.165) is 29.5 Å². The van der Waals surface area contributed by atoms with E-state index in [1.807, 2.05) is 15.9 Å². The highest BCUT2D eigenvalue weighted by Gasteiger charge is 2.27. The van der Waals surface area contributed by atoms with Gasteiger partial charge < -0.3 is 4.90 Å². The van der Waals surface area contributed by atoms with Gasteiger partial charge in [0.25, 0.3) is 0 Å². The summed E-state index contributed by atoms with van der Waals surface area (Å²) in [5.41, 5.74) is 2.49. The SMILES string of the molecule is C[C@@H]1CCCc2sc3nc(N4CCCC4)n4ncnc4c3c21. The Morgan fingerprint density at radius 3 is 2.95 bits per heavy atom. The minimum Gasteiger partial charge on any atom is -0.341 e. The number of anilines is 1. The fourth-order valence-corrected chi connectivity index (χ4v) is 5.33. The molecule has 3 aromatic heterocycles. The van der Waals surface area contributed by atoms with Crippen molar-refractivity contribution in [1.29, 1.82) is 0 Å². The van der Waals surface area contributed by atoms with Gasteiger partial charge in [0.2, 0.25) is 5.95 Å². The molecule has 6 heteroatoms. The zero-order chi connectivity index (χ0) is 14.7. The van der Waals surface area contributed by atoms with E-state index in [1.54, 1.807) is 6.33 Å². The van der Waals surface area contributed by atoms with Crippen molar-refractivity contribution < 1.29 is 0 Å². The molecule has 0 saturated carbocycles. The molecule has 1 fully saturated rings. The lowest BCUT2D eigenvalue weighted by Gasteiger charge is -2.19. The van der Waals surface area contributed by atoms with Crippen molar-refractivity contribution in [2.24, 2.45) is 0 Å². The van der Waals surface area contributed by atoms with Gasteiger partial charge in [0, 0.05) is 18.0 Å². The van der Waals surface area contributed by atoms with Crippen molar-refractivity contribution in [3.8, 4) is 0 Å². The second-order valence-corrected chi connectivity index (χ2v) is 7.60. The average Bonchev–Trinajstić information content (AvgIpc) is 3.24. The Balaban J connectivity index is 1.84. The van der Waals surface area contributed by atoms with E-state index in [4.69, 9.17) is 4.98 Å². The molecule has 1 aliphatic carbocycles. The number of thiophene rings is 1. The van der Waals surface area contributed by atoms with Gasteiger partial charge in [-0.15, -0.1) is 11.3 Å². The summed E-state index contributed by atoms with van der Waals surface area (Å²) in [6, 6.07) is 0. The second-order valence-electron chi connectivity index (χ2n) is 6.51. The summed E-state index contributed by atoms with van der Waals surface area (Å²) in [4.78, 5) is 14.6. The van der Waals surface area contributed by atoms with Crippen LogP contribution in [0.25, 0.3) is 15.9 Å². The molecular formula is C16H19N5S. The van der Waals surface area contributed by atoms with Crippen molar-refractivity contribution in [3.05, 3.63) is 16.8 Å². The molecule has 1 saturated heterocycles. The van der Waals surface area contributed by atoms with Crippen molar-refractivity contribution in [2.75, 3.05) is 18.0 Å². The van der Waals surface area contributed by atoms with E-state index >= 15 is 0 Å². The molecule has 0 N–H and O–H groups in total. The van der Waals surface area contributed by atoms with E-state index < -0.39 is 0 Å². The fourth-order valence-electron chi connectivity index (χ4n) is 4.01. The Labute approximate surface area is 133 Å². The molecule has 0 amide bonds. The molecule has 5 nitrogen and oxygen atoms in total. The molecule has 0 unspecified atom stereocenters. The predicted octanol–water partition coefficient (Wildman–Crippen LogP) is 3.38. The third-order valence-electron chi connectivity index (χ3n) is 5.09. The van der Waals surface area contributed by atoms with Gasteiger partial charge in [0.05, 0.1) is 5.39 Å². The number of aromatic nitrogens is 4. The van der Waals surface area contributed by atoms with Crippen molar-refractivity contribution in [3.63, 3.8) is 0 Å². The average molecular weight is 313 g/mol. The lowest BCUT2D eigenvalue weighted by atomic mass is 9.87. The Morgan fingerprint density at radius 1 is 1.23 bits per heavy atom. The molecule has 114 valence electrons. The first-order valence-corrected chi connectivity index (χ1v) is 9.04. The largest absolute Gasteiger partial charge is 0.341 e. The standard InChI is InChI=1S/C16H19N5S/c1-10-5-4-6-11-12(10)13-14-17-9-18-21(14)16(19-15(13)22-11)20-7-2-3-8-20/h9-10H,2-8H2,1H3/t10-/m1/s1. The van der Waals surface area contributed by atoms with E-state index in [0.29, 0.717) is 5.92 Å². The van der Waals surface area contributed by atoms with Gasteiger partial charge in [-0.3, -0.25) is 0 Å². The Bertz CT molecular complexity index is 858. The zero-order valence-corrected chi connectivity index (χ0v) is 13.6. The van der Waals surface area contributed by atoms with Crippen LogP contribution in [0.5, 0.6) is 0 Å². The molecule has 0 spiro atoms. The molecule has 0 radical (unpaired) electrons. The van der Waals surface area contributed by atoms with Crippen LogP contribution in [0.4, 0.5) is 5.95 Å². The molecular weight excluding hydrogens is 294 g/mol. The van der Waals surface area contributed by atoms with Gasteiger partial charge >= 0.3 is 0 Å². The molecule has 1 atom stereocenters. The Hall–Kier alpha value is -1.69. The molecule has 1 aliphatic heterocycles. The lowest BCUT2D eigenvalue weighted by Crippen LogP contribution is -2.22. The van der Waals surface area contributed by atoms with E-state index in [2.05, 4.69) is 21.9 Å². The molecule has 3 aromatic rings. The van der Waals surface area contributed by atoms with Crippen LogP contribution in [0.3, 0.4) is 0 Å². The highest BCUT2D eigenvalue weighted by molar-refractivity contribution is 7.19. The lowest BCUT2D eigenvalue weighted by molar-refractivity contribution is 0.602. The second kappa shape index (κ2) is 4.65. The summed E-state index contributed by atoms with van der Waals surface area (Å²) in [6.45, 7) is 4.50. The smallest absolute Gasteiger partial charge is 0.229 e. The Kier molecular flexibility index (Phi) is 2.71. The van der Waals surface area contributed by atoms with Gasteiger partial charge in [0.1, 0.15) is 11.2 Å². The van der Waals surface area contributed by atoms with Crippen LogP contribution in [0.15, 0.2) is 6.33 Å². The number of hydrogen-bond donors (Lipinski definition) is 0. The van der Waals surface area contributed by atoms with E-state index in [-0.39, 0.29) is 0 Å². The first-order chi connectivity index (χ1) is 10.8. The predicted molar refractivity (Wildman–Crippen MR) is 89.0 cm³/mol. The van der Waals surface area contributed by atoms with Gasteiger partial charge in [-0.1, -0.05) is 6.92 Å². The van der Waals surface area contributed by atoms with Crippen molar-refractivity contribution in [1.82, 2.24) is 19.6 Å². The number of hydrogen-bond acceptors (Lipinski definition) is 5. The quantitative estimate of drug-likeness (QED) is 0.691. The van der Waals surface area contributed by atoms with Crippen LogP contribution >= 0.6 is 11.3 Å². The van der Waals surface area contributed by atoms with E-state index in [9.17, 15) is 0 Å². The maximum Gasteiger partial charge on any atom is 0.229 e. The topological polar surface area (TPSA) is 46.3 Å². The monoisotopic (exact) mass is 313 g/mol. The number of rotatable bonds is 1. The Morgan fingerprint density at radius 2 is 2.09 bits per heavy atom. The minimum atomic E-state index is 0.609. The van der Waals surface area contributed by atoms with Crippen LogP contribution in [0.2, 0.25) is 0 Å². The maximum atomic E-state index is 5.00. The summed E-state index contributed by atoms with van der Waals surface area (Å²) in [5.74, 6) is 1.58. The molecule has 0 bridgehead atoms. The van der Waals surface area contributed by atoms with Gasteiger partial charge in [-0.2, -0.15) is 9.61 Å². The summed E-state index contributed by atoms with van der Waals surface area (Å²) < 4.78 is 1.96. The number of aryl methyl sites for hydroxylation is 1. The molecule has 5 rings (SSSR count). The summed E-state index contributed by atoms with van der Waals surface area (Å²) in [5, 5.41) is 5.73. The number of fused-ring (bicyclic) bond motifs is 5. The summed E-state index contributed by atoms with van der Waals surface area (Å²) >= 11 is 1.88. The van der Waals surface area contributed by atoms with Gasteiger partial charge in [0.15, 0.2) is 5.65 Å². The minimum absolute atomic E-state index is 0.609.